The molecule has 0 aromatic heterocycles. The van der Waals surface area contributed by atoms with Crippen LogP contribution >= 0.6 is 23.2 Å². The lowest BCUT2D eigenvalue weighted by Gasteiger charge is -2.20. The Bertz CT molecular complexity index is 379. The molecule has 0 saturated carbocycles. The summed E-state index contributed by atoms with van der Waals surface area (Å²) in [6.07, 6.45) is 0. The number of nitrogens with one attached hydrogen (secondary N) is 2. The van der Waals surface area contributed by atoms with E-state index in [2.05, 4.69) is 10.9 Å². The Morgan fingerprint density at radius 2 is 1.62 bits per heavy atom. The van der Waals surface area contributed by atoms with Crippen molar-refractivity contribution in [1.29, 1.82) is 0 Å². The molecule has 0 bridgehead atoms. The number of carbonyl (C=O) groups is 1. The van der Waals surface area contributed by atoms with Crippen molar-refractivity contribution in [3.05, 3.63) is 33.8 Å². The molecule has 0 atom stereocenters. The molecule has 0 radical (unpaired) electrons. The lowest BCUT2D eigenvalue weighted by atomic mass is 10.1. The van der Waals surface area contributed by atoms with Crippen LogP contribution < -0.4 is 10.9 Å². The molecule has 1 rings (SSSR count). The van der Waals surface area contributed by atoms with Gasteiger partial charge in [-0.3, -0.25) is 10.2 Å². The highest BCUT2D eigenvalue weighted by Gasteiger charge is 2.12. The zero-order valence-electron chi connectivity index (χ0n) is 9.40. The Labute approximate surface area is 105 Å². The summed E-state index contributed by atoms with van der Waals surface area (Å²) in [5.74, 6) is -0.265. The van der Waals surface area contributed by atoms with Crippen LogP contribution in [0.2, 0.25) is 10.0 Å². The van der Waals surface area contributed by atoms with Crippen molar-refractivity contribution < 1.29 is 4.79 Å². The highest BCUT2D eigenvalue weighted by atomic mass is 35.5. The van der Waals surface area contributed by atoms with Crippen LogP contribution in [0.5, 0.6) is 0 Å². The minimum absolute atomic E-state index is 0.196. The van der Waals surface area contributed by atoms with Gasteiger partial charge in [0, 0.05) is 21.1 Å². The van der Waals surface area contributed by atoms with E-state index in [0.29, 0.717) is 15.6 Å². The Kier molecular flexibility index (Phi) is 4.19. The van der Waals surface area contributed by atoms with Crippen molar-refractivity contribution in [2.24, 2.45) is 0 Å². The van der Waals surface area contributed by atoms with Crippen molar-refractivity contribution in [1.82, 2.24) is 10.9 Å². The average Bonchev–Trinajstić information content (AvgIpc) is 2.11. The highest BCUT2D eigenvalue weighted by Crippen LogP contribution is 2.18. The molecule has 0 unspecified atom stereocenters. The van der Waals surface area contributed by atoms with Crippen LogP contribution in [0.4, 0.5) is 0 Å². The molecule has 0 aliphatic rings. The van der Waals surface area contributed by atoms with Crippen LogP contribution in [-0.4, -0.2) is 11.4 Å². The maximum absolute atomic E-state index is 11.7. The maximum Gasteiger partial charge on any atom is 0.265 e. The quantitative estimate of drug-likeness (QED) is 0.803. The smallest absolute Gasteiger partial charge is 0.265 e. The van der Waals surface area contributed by atoms with E-state index in [4.69, 9.17) is 23.2 Å². The van der Waals surface area contributed by atoms with E-state index in [0.717, 1.165) is 0 Å². The van der Waals surface area contributed by atoms with E-state index >= 15 is 0 Å². The van der Waals surface area contributed by atoms with Crippen LogP contribution in [0.3, 0.4) is 0 Å². The van der Waals surface area contributed by atoms with Crippen LogP contribution in [0.1, 0.15) is 31.1 Å². The number of hydrogen-bond acceptors (Lipinski definition) is 2. The SMILES string of the molecule is CC(C)(C)NNC(=O)c1cc(Cl)cc(Cl)c1. The maximum atomic E-state index is 11.7. The van der Waals surface area contributed by atoms with E-state index in [1.165, 1.54) is 0 Å². The minimum atomic E-state index is -0.265. The van der Waals surface area contributed by atoms with Crippen LogP contribution in [0.15, 0.2) is 18.2 Å². The van der Waals surface area contributed by atoms with Crippen molar-refractivity contribution >= 4 is 29.1 Å². The van der Waals surface area contributed by atoms with Gasteiger partial charge in [-0.25, -0.2) is 5.43 Å². The lowest BCUT2D eigenvalue weighted by Crippen LogP contribution is -2.48. The first-order valence-corrected chi connectivity index (χ1v) is 5.57. The summed E-state index contributed by atoms with van der Waals surface area (Å²) >= 11 is 11.6. The van der Waals surface area contributed by atoms with Crippen molar-refractivity contribution in [2.45, 2.75) is 26.3 Å². The predicted molar refractivity (Wildman–Crippen MR) is 66.8 cm³/mol. The third-order valence-electron chi connectivity index (χ3n) is 1.68. The molecule has 1 aromatic carbocycles. The second-order valence-corrected chi connectivity index (χ2v) is 5.36. The Morgan fingerprint density at radius 1 is 1.12 bits per heavy atom. The first-order chi connectivity index (χ1) is 7.28. The number of hydrazine groups is 1. The molecule has 88 valence electrons. The number of amides is 1. The van der Waals surface area contributed by atoms with Gasteiger partial charge in [-0.05, 0) is 39.0 Å². The van der Waals surface area contributed by atoms with E-state index in [9.17, 15) is 4.79 Å². The topological polar surface area (TPSA) is 41.1 Å². The number of hydrogen-bond donors (Lipinski definition) is 2. The summed E-state index contributed by atoms with van der Waals surface area (Å²) in [5.41, 5.74) is 5.69. The molecule has 1 aromatic rings. The van der Waals surface area contributed by atoms with Gasteiger partial charge in [-0.2, -0.15) is 0 Å². The van der Waals surface area contributed by atoms with Crippen LogP contribution in [-0.2, 0) is 0 Å². The second-order valence-electron chi connectivity index (χ2n) is 4.49. The number of halogens is 2. The molecule has 5 heteroatoms. The molecule has 2 N–H and O–H groups in total. The fourth-order valence-corrected chi connectivity index (χ4v) is 1.53. The molecule has 3 nitrogen and oxygen atoms in total. The molecule has 0 aliphatic carbocycles. The summed E-state index contributed by atoms with van der Waals surface area (Å²) in [7, 11) is 0. The molecule has 1 amide bonds. The first kappa shape index (κ1) is 13.3. The normalized spacial score (nSPS) is 11.3. The van der Waals surface area contributed by atoms with Gasteiger partial charge in [0.1, 0.15) is 0 Å². The van der Waals surface area contributed by atoms with Gasteiger partial charge in [0.15, 0.2) is 0 Å². The van der Waals surface area contributed by atoms with Crippen molar-refractivity contribution in [3.63, 3.8) is 0 Å². The van der Waals surface area contributed by atoms with Gasteiger partial charge in [-0.1, -0.05) is 23.2 Å². The molecule has 0 aliphatic heterocycles. The van der Waals surface area contributed by atoms with E-state index in [-0.39, 0.29) is 11.4 Å². The third-order valence-corrected chi connectivity index (χ3v) is 2.11. The summed E-state index contributed by atoms with van der Waals surface area (Å²) < 4.78 is 0. The van der Waals surface area contributed by atoms with Gasteiger partial charge in [0.2, 0.25) is 0 Å². The Morgan fingerprint density at radius 3 is 2.06 bits per heavy atom. The van der Waals surface area contributed by atoms with Gasteiger partial charge < -0.3 is 0 Å². The minimum Gasteiger partial charge on any atom is -0.287 e. The van der Waals surface area contributed by atoms with Crippen LogP contribution in [0.25, 0.3) is 0 Å². The van der Waals surface area contributed by atoms with Crippen LogP contribution in [0, 0.1) is 0 Å². The standard InChI is InChI=1S/C11H14Cl2N2O/c1-11(2,3)15-14-10(16)7-4-8(12)6-9(13)5-7/h4-6,15H,1-3H3,(H,14,16). The van der Waals surface area contributed by atoms with E-state index < -0.39 is 0 Å². The van der Waals surface area contributed by atoms with Crippen molar-refractivity contribution in [2.75, 3.05) is 0 Å². The van der Waals surface area contributed by atoms with E-state index in [1.807, 2.05) is 20.8 Å². The highest BCUT2D eigenvalue weighted by molar-refractivity contribution is 6.35. The fourth-order valence-electron chi connectivity index (χ4n) is 1.00. The molecule has 0 saturated heterocycles. The first-order valence-electron chi connectivity index (χ1n) is 4.81. The average molecular weight is 261 g/mol. The van der Waals surface area contributed by atoms with E-state index in [1.54, 1.807) is 18.2 Å². The van der Waals surface area contributed by atoms with Crippen molar-refractivity contribution in [3.8, 4) is 0 Å². The Balaban J connectivity index is 2.73. The number of benzene rings is 1. The fraction of sp³-hybridized carbons (Fsp3) is 0.364. The molecular formula is C11H14Cl2N2O. The zero-order valence-corrected chi connectivity index (χ0v) is 10.9. The summed E-state index contributed by atoms with van der Waals surface area (Å²) in [6, 6.07) is 4.71. The van der Waals surface area contributed by atoms with Gasteiger partial charge in [-0.15, -0.1) is 0 Å². The third kappa shape index (κ3) is 4.39. The molecular weight excluding hydrogens is 247 g/mol. The molecule has 16 heavy (non-hydrogen) atoms. The monoisotopic (exact) mass is 260 g/mol. The molecule has 0 heterocycles. The summed E-state index contributed by atoms with van der Waals surface area (Å²) in [6.45, 7) is 5.83. The molecule has 0 spiro atoms. The molecule has 0 fully saturated rings. The van der Waals surface area contributed by atoms with Gasteiger partial charge in [0.25, 0.3) is 5.91 Å². The predicted octanol–water partition coefficient (Wildman–Crippen LogP) is 3.03. The second kappa shape index (κ2) is 5.04. The Hall–Kier alpha value is -0.770. The summed E-state index contributed by atoms with van der Waals surface area (Å²) in [4.78, 5) is 11.7. The number of rotatable bonds is 2. The largest absolute Gasteiger partial charge is 0.287 e. The zero-order chi connectivity index (χ0) is 12.3. The van der Waals surface area contributed by atoms with Gasteiger partial charge >= 0.3 is 0 Å². The summed E-state index contributed by atoms with van der Waals surface area (Å²) in [5, 5.41) is 0.877. The number of carbonyl (C=O) groups excluding carboxylic acids is 1. The van der Waals surface area contributed by atoms with Gasteiger partial charge in [0.05, 0.1) is 0 Å². The lowest BCUT2D eigenvalue weighted by molar-refractivity contribution is 0.0914.